The second-order valence-corrected chi connectivity index (χ2v) is 5.46. The molecule has 6 nitrogen and oxygen atoms in total. The van der Waals surface area contributed by atoms with Crippen LogP contribution in [0.4, 0.5) is 11.4 Å². The summed E-state index contributed by atoms with van der Waals surface area (Å²) in [4.78, 5) is 10.6. The summed E-state index contributed by atoms with van der Waals surface area (Å²) in [5, 5.41) is 18.5. The van der Waals surface area contributed by atoms with E-state index in [1.807, 2.05) is 25.6 Å². The number of hydrogen-bond donors (Lipinski definition) is 1. The zero-order chi connectivity index (χ0) is 14.9. The van der Waals surface area contributed by atoms with Gasteiger partial charge in [0.25, 0.3) is 5.69 Å². The number of rotatable bonds is 4. The van der Waals surface area contributed by atoms with Crippen LogP contribution in [0.1, 0.15) is 17.0 Å². The highest BCUT2D eigenvalue weighted by Crippen LogP contribution is 2.28. The van der Waals surface area contributed by atoms with E-state index in [9.17, 15) is 10.1 Å². The third-order valence-corrected chi connectivity index (χ3v) is 3.76. The van der Waals surface area contributed by atoms with Crippen LogP contribution in [0.15, 0.2) is 22.7 Å². The van der Waals surface area contributed by atoms with Gasteiger partial charge >= 0.3 is 0 Å². The van der Waals surface area contributed by atoms with E-state index in [0.717, 1.165) is 21.4 Å². The van der Waals surface area contributed by atoms with E-state index in [1.54, 1.807) is 12.1 Å². The number of nitro benzene ring substituents is 1. The van der Waals surface area contributed by atoms with Crippen LogP contribution in [0.5, 0.6) is 0 Å². The number of nitro groups is 1. The maximum atomic E-state index is 11.0. The van der Waals surface area contributed by atoms with Crippen LogP contribution in [-0.4, -0.2) is 14.7 Å². The molecule has 0 radical (unpaired) electrons. The van der Waals surface area contributed by atoms with Crippen LogP contribution in [0.2, 0.25) is 0 Å². The van der Waals surface area contributed by atoms with Gasteiger partial charge in [0.05, 0.1) is 10.6 Å². The fourth-order valence-electron chi connectivity index (χ4n) is 2.07. The highest BCUT2D eigenvalue weighted by atomic mass is 79.9. The quantitative estimate of drug-likeness (QED) is 0.685. The number of nitrogens with zero attached hydrogens (tertiary/aromatic N) is 3. The van der Waals surface area contributed by atoms with Gasteiger partial charge in [-0.3, -0.25) is 14.8 Å². The van der Waals surface area contributed by atoms with Gasteiger partial charge < -0.3 is 5.32 Å². The second-order valence-electron chi connectivity index (χ2n) is 4.55. The molecule has 0 spiro atoms. The third kappa shape index (κ3) is 2.82. The Balaban J connectivity index is 2.27. The van der Waals surface area contributed by atoms with Crippen molar-refractivity contribution in [3.8, 4) is 0 Å². The summed E-state index contributed by atoms with van der Waals surface area (Å²) in [6, 6.07) is 4.85. The minimum Gasteiger partial charge on any atom is -0.375 e. The lowest BCUT2D eigenvalue weighted by Crippen LogP contribution is -2.04. The molecule has 0 aliphatic carbocycles. The average Bonchev–Trinajstić information content (AvgIpc) is 2.61. The predicted molar refractivity (Wildman–Crippen MR) is 80.8 cm³/mol. The number of hydrogen-bond acceptors (Lipinski definition) is 4. The van der Waals surface area contributed by atoms with E-state index in [1.165, 1.54) is 6.07 Å². The first-order valence-corrected chi connectivity index (χ1v) is 6.86. The van der Waals surface area contributed by atoms with Crippen molar-refractivity contribution in [3.63, 3.8) is 0 Å². The maximum Gasteiger partial charge on any atom is 0.292 e. The van der Waals surface area contributed by atoms with Crippen molar-refractivity contribution >= 4 is 27.3 Å². The van der Waals surface area contributed by atoms with Crippen LogP contribution in [0, 0.1) is 24.0 Å². The molecule has 106 valence electrons. The molecule has 7 heteroatoms. The topological polar surface area (TPSA) is 73.0 Å². The average molecular weight is 339 g/mol. The Morgan fingerprint density at radius 2 is 2.15 bits per heavy atom. The smallest absolute Gasteiger partial charge is 0.292 e. The van der Waals surface area contributed by atoms with E-state index in [2.05, 4.69) is 26.3 Å². The summed E-state index contributed by atoms with van der Waals surface area (Å²) in [5.74, 6) is 0. The van der Waals surface area contributed by atoms with Crippen molar-refractivity contribution in [2.24, 2.45) is 7.05 Å². The number of aromatic nitrogens is 2. The van der Waals surface area contributed by atoms with Crippen molar-refractivity contribution in [1.82, 2.24) is 9.78 Å². The molecule has 1 aromatic heterocycles. The van der Waals surface area contributed by atoms with Gasteiger partial charge in [0.1, 0.15) is 5.69 Å². The second kappa shape index (κ2) is 5.62. The largest absolute Gasteiger partial charge is 0.375 e. The molecule has 0 bridgehead atoms. The standard InChI is InChI=1S/C13H15BrN4O2/c1-8-11(9(2)17(3)16-8)7-15-12-6-10(14)4-5-13(12)18(19)20/h4-6,15H,7H2,1-3H3. The minimum atomic E-state index is -0.391. The van der Waals surface area contributed by atoms with Crippen molar-refractivity contribution in [2.75, 3.05) is 5.32 Å². The van der Waals surface area contributed by atoms with Crippen LogP contribution < -0.4 is 5.32 Å². The summed E-state index contributed by atoms with van der Waals surface area (Å²) in [7, 11) is 1.88. The number of aryl methyl sites for hydroxylation is 2. The molecule has 0 unspecified atom stereocenters. The van der Waals surface area contributed by atoms with Crippen LogP contribution in [0.3, 0.4) is 0 Å². The first-order valence-electron chi connectivity index (χ1n) is 6.07. The molecule has 20 heavy (non-hydrogen) atoms. The highest BCUT2D eigenvalue weighted by Gasteiger charge is 2.15. The maximum absolute atomic E-state index is 11.0. The Kier molecular flexibility index (Phi) is 4.08. The SMILES string of the molecule is Cc1nn(C)c(C)c1CNc1cc(Br)ccc1[N+](=O)[O-]. The zero-order valence-corrected chi connectivity index (χ0v) is 13.1. The number of anilines is 1. The van der Waals surface area contributed by atoms with Gasteiger partial charge in [-0.15, -0.1) is 0 Å². The fourth-order valence-corrected chi connectivity index (χ4v) is 2.43. The van der Waals surface area contributed by atoms with Crippen molar-refractivity contribution in [3.05, 3.63) is 49.7 Å². The summed E-state index contributed by atoms with van der Waals surface area (Å²) < 4.78 is 2.60. The Hall–Kier alpha value is -1.89. The van der Waals surface area contributed by atoms with Crippen molar-refractivity contribution in [2.45, 2.75) is 20.4 Å². The number of halogens is 1. The molecular weight excluding hydrogens is 324 g/mol. The van der Waals surface area contributed by atoms with E-state index in [4.69, 9.17) is 0 Å². The molecule has 0 atom stereocenters. The molecule has 2 aromatic rings. The van der Waals surface area contributed by atoms with Crippen molar-refractivity contribution in [1.29, 1.82) is 0 Å². The first kappa shape index (κ1) is 14.5. The van der Waals surface area contributed by atoms with Gasteiger partial charge in [0.2, 0.25) is 0 Å². The number of benzene rings is 1. The summed E-state index contributed by atoms with van der Waals surface area (Å²) >= 11 is 3.33. The molecule has 0 aliphatic heterocycles. The summed E-state index contributed by atoms with van der Waals surface area (Å²) in [5.41, 5.74) is 3.59. The van der Waals surface area contributed by atoms with Gasteiger partial charge in [-0.2, -0.15) is 5.10 Å². The Morgan fingerprint density at radius 1 is 1.45 bits per heavy atom. The first-order chi connectivity index (χ1) is 9.40. The molecule has 2 rings (SSSR count). The molecule has 0 aliphatic rings. The predicted octanol–water partition coefficient (Wildman–Crippen LogP) is 3.32. The van der Waals surface area contributed by atoms with Crippen LogP contribution in [-0.2, 0) is 13.6 Å². The Bertz CT molecular complexity index is 667. The Morgan fingerprint density at radius 3 is 2.70 bits per heavy atom. The van der Waals surface area contributed by atoms with E-state index < -0.39 is 4.92 Å². The summed E-state index contributed by atoms with van der Waals surface area (Å²) in [6.07, 6.45) is 0. The normalized spacial score (nSPS) is 10.6. The zero-order valence-electron chi connectivity index (χ0n) is 11.5. The van der Waals surface area contributed by atoms with Gasteiger partial charge in [-0.25, -0.2) is 0 Å². The van der Waals surface area contributed by atoms with Gasteiger partial charge in [0, 0.05) is 35.4 Å². The molecule has 0 saturated heterocycles. The van der Waals surface area contributed by atoms with E-state index in [-0.39, 0.29) is 5.69 Å². The monoisotopic (exact) mass is 338 g/mol. The molecular formula is C13H15BrN4O2. The van der Waals surface area contributed by atoms with Gasteiger partial charge in [0.15, 0.2) is 0 Å². The number of nitrogens with one attached hydrogen (secondary N) is 1. The molecule has 1 heterocycles. The molecule has 0 saturated carbocycles. The lowest BCUT2D eigenvalue weighted by Gasteiger charge is -2.08. The van der Waals surface area contributed by atoms with Crippen molar-refractivity contribution < 1.29 is 4.92 Å². The third-order valence-electron chi connectivity index (χ3n) is 3.27. The van der Waals surface area contributed by atoms with Crippen LogP contribution >= 0.6 is 15.9 Å². The van der Waals surface area contributed by atoms with Crippen LogP contribution in [0.25, 0.3) is 0 Å². The van der Waals surface area contributed by atoms with Gasteiger partial charge in [-0.1, -0.05) is 15.9 Å². The molecule has 0 amide bonds. The van der Waals surface area contributed by atoms with Gasteiger partial charge in [-0.05, 0) is 26.0 Å². The van der Waals surface area contributed by atoms with E-state index in [0.29, 0.717) is 12.2 Å². The molecule has 0 fully saturated rings. The minimum absolute atomic E-state index is 0.0624. The summed E-state index contributed by atoms with van der Waals surface area (Å²) in [6.45, 7) is 4.41. The molecule has 1 N–H and O–H groups in total. The van der Waals surface area contributed by atoms with E-state index >= 15 is 0 Å². The Labute approximate surface area is 125 Å². The fraction of sp³-hybridized carbons (Fsp3) is 0.308. The highest BCUT2D eigenvalue weighted by molar-refractivity contribution is 9.10. The molecule has 1 aromatic carbocycles. The lowest BCUT2D eigenvalue weighted by atomic mass is 10.2. The lowest BCUT2D eigenvalue weighted by molar-refractivity contribution is -0.384.